The normalized spacial score (nSPS) is 22.2. The molecular weight excluding hydrogens is 294 g/mol. The van der Waals surface area contributed by atoms with Gasteiger partial charge in [0, 0.05) is 30.8 Å². The van der Waals surface area contributed by atoms with Crippen LogP contribution < -0.4 is 0 Å². The molecule has 2 rings (SSSR count). The lowest BCUT2D eigenvalue weighted by Gasteiger charge is -2.32. The summed E-state index contributed by atoms with van der Waals surface area (Å²) in [7, 11) is -2.90. The Balaban J connectivity index is 1.92. The van der Waals surface area contributed by atoms with Crippen molar-refractivity contribution in [1.29, 1.82) is 0 Å². The molecule has 1 aliphatic rings. The standard InChI is InChI=1S/C11H16ClNO3S2/c1-18(14,15)7-5-13-4-6-16-9(8-13)10-2-3-11(12)17-10/h2-3,9H,4-8H2,1H3/t9-/m1/s1. The minimum Gasteiger partial charge on any atom is -0.370 e. The number of morpholine rings is 1. The molecule has 0 amide bonds. The van der Waals surface area contributed by atoms with Gasteiger partial charge in [-0.05, 0) is 12.1 Å². The Hall–Kier alpha value is -0.140. The summed E-state index contributed by atoms with van der Waals surface area (Å²) in [5, 5.41) is 0. The average molecular weight is 310 g/mol. The summed E-state index contributed by atoms with van der Waals surface area (Å²) >= 11 is 7.42. The number of sulfone groups is 1. The number of halogens is 1. The molecule has 1 aliphatic heterocycles. The zero-order valence-corrected chi connectivity index (χ0v) is 12.5. The topological polar surface area (TPSA) is 46.6 Å². The van der Waals surface area contributed by atoms with E-state index in [0.29, 0.717) is 13.2 Å². The average Bonchev–Trinajstić information content (AvgIpc) is 2.73. The number of hydrogen-bond acceptors (Lipinski definition) is 5. The van der Waals surface area contributed by atoms with Gasteiger partial charge in [0.25, 0.3) is 0 Å². The fraction of sp³-hybridized carbons (Fsp3) is 0.636. The first-order chi connectivity index (χ1) is 8.44. The molecule has 1 saturated heterocycles. The number of nitrogens with zero attached hydrogens (tertiary/aromatic N) is 1. The lowest BCUT2D eigenvalue weighted by atomic mass is 10.2. The molecule has 2 heterocycles. The second-order valence-corrected chi connectivity index (χ2v) is 8.44. The van der Waals surface area contributed by atoms with Gasteiger partial charge in [0.05, 0.1) is 16.7 Å². The van der Waals surface area contributed by atoms with E-state index in [0.717, 1.165) is 22.3 Å². The SMILES string of the molecule is CS(=O)(=O)CCN1CCO[C@@H](c2ccc(Cl)s2)C1. The Morgan fingerprint density at radius 2 is 2.33 bits per heavy atom. The fourth-order valence-corrected chi connectivity index (χ4v) is 3.57. The van der Waals surface area contributed by atoms with Crippen molar-refractivity contribution in [1.82, 2.24) is 4.90 Å². The molecule has 1 fully saturated rings. The Labute approximate surface area is 116 Å². The zero-order valence-electron chi connectivity index (χ0n) is 10.1. The Kier molecular flexibility index (Phi) is 4.66. The molecule has 18 heavy (non-hydrogen) atoms. The summed E-state index contributed by atoms with van der Waals surface area (Å²) in [5.74, 6) is 0.199. The first-order valence-electron chi connectivity index (χ1n) is 5.71. The highest BCUT2D eigenvalue weighted by atomic mass is 35.5. The molecule has 0 N–H and O–H groups in total. The molecule has 0 unspecified atom stereocenters. The van der Waals surface area contributed by atoms with E-state index in [9.17, 15) is 8.42 Å². The van der Waals surface area contributed by atoms with E-state index in [2.05, 4.69) is 4.90 Å². The smallest absolute Gasteiger partial charge is 0.148 e. The number of hydrogen-bond donors (Lipinski definition) is 0. The van der Waals surface area contributed by atoms with Crippen LogP contribution in [-0.2, 0) is 14.6 Å². The van der Waals surface area contributed by atoms with Crippen LogP contribution in [0.15, 0.2) is 12.1 Å². The van der Waals surface area contributed by atoms with E-state index in [1.807, 2.05) is 12.1 Å². The maximum Gasteiger partial charge on any atom is 0.148 e. The summed E-state index contributed by atoms with van der Waals surface area (Å²) in [4.78, 5) is 3.23. The van der Waals surface area contributed by atoms with Gasteiger partial charge in [0.2, 0.25) is 0 Å². The highest BCUT2D eigenvalue weighted by Crippen LogP contribution is 2.30. The second-order valence-electron chi connectivity index (χ2n) is 4.43. The molecule has 0 saturated carbocycles. The van der Waals surface area contributed by atoms with E-state index in [-0.39, 0.29) is 11.9 Å². The van der Waals surface area contributed by atoms with Crippen LogP contribution in [0.25, 0.3) is 0 Å². The van der Waals surface area contributed by atoms with Gasteiger partial charge in [-0.25, -0.2) is 8.42 Å². The lowest BCUT2D eigenvalue weighted by Crippen LogP contribution is -2.40. The van der Waals surface area contributed by atoms with Gasteiger partial charge in [-0.3, -0.25) is 4.90 Å². The molecule has 1 aromatic heterocycles. The summed E-state index contributed by atoms with van der Waals surface area (Å²) < 4.78 is 28.8. The van der Waals surface area contributed by atoms with Crippen molar-refractivity contribution in [2.45, 2.75) is 6.10 Å². The maximum atomic E-state index is 11.2. The largest absolute Gasteiger partial charge is 0.370 e. The third-order valence-corrected chi connectivity index (χ3v) is 5.09. The van der Waals surface area contributed by atoms with Crippen molar-refractivity contribution in [3.63, 3.8) is 0 Å². The monoisotopic (exact) mass is 309 g/mol. The van der Waals surface area contributed by atoms with E-state index in [4.69, 9.17) is 16.3 Å². The molecule has 4 nitrogen and oxygen atoms in total. The van der Waals surface area contributed by atoms with Gasteiger partial charge in [-0.15, -0.1) is 11.3 Å². The van der Waals surface area contributed by atoms with Crippen LogP contribution in [0.4, 0.5) is 0 Å². The highest BCUT2D eigenvalue weighted by Gasteiger charge is 2.23. The minimum absolute atomic E-state index is 0.0100. The maximum absolute atomic E-state index is 11.2. The van der Waals surface area contributed by atoms with Gasteiger partial charge in [-0.2, -0.15) is 0 Å². The van der Waals surface area contributed by atoms with Gasteiger partial charge in [-0.1, -0.05) is 11.6 Å². The molecule has 7 heteroatoms. The zero-order chi connectivity index (χ0) is 13.2. The van der Waals surface area contributed by atoms with E-state index < -0.39 is 9.84 Å². The molecular formula is C11H16ClNO3S2. The van der Waals surface area contributed by atoms with Crippen molar-refractivity contribution in [3.8, 4) is 0 Å². The van der Waals surface area contributed by atoms with Crippen molar-refractivity contribution in [2.75, 3.05) is 38.2 Å². The molecule has 1 aromatic rings. The second kappa shape index (κ2) is 5.88. The Morgan fingerprint density at radius 3 is 2.94 bits per heavy atom. The molecule has 0 aromatic carbocycles. The molecule has 0 radical (unpaired) electrons. The summed E-state index contributed by atoms with van der Waals surface area (Å²) in [6, 6.07) is 3.83. The van der Waals surface area contributed by atoms with E-state index in [1.54, 1.807) is 0 Å². The highest BCUT2D eigenvalue weighted by molar-refractivity contribution is 7.90. The van der Waals surface area contributed by atoms with Gasteiger partial charge in [0.1, 0.15) is 15.9 Å². The van der Waals surface area contributed by atoms with Gasteiger partial charge < -0.3 is 4.74 Å². The van der Waals surface area contributed by atoms with Crippen molar-refractivity contribution < 1.29 is 13.2 Å². The third kappa shape index (κ3) is 4.20. The van der Waals surface area contributed by atoms with Crippen molar-refractivity contribution in [3.05, 3.63) is 21.3 Å². The molecule has 102 valence electrons. The van der Waals surface area contributed by atoms with Crippen molar-refractivity contribution >= 4 is 32.8 Å². The predicted octanol–water partition coefficient (Wildman–Crippen LogP) is 1.82. The summed E-state index contributed by atoms with van der Waals surface area (Å²) in [5.41, 5.74) is 0. The van der Waals surface area contributed by atoms with Gasteiger partial charge in [0.15, 0.2) is 0 Å². The van der Waals surface area contributed by atoms with Crippen LogP contribution in [-0.4, -0.2) is 51.6 Å². The van der Waals surface area contributed by atoms with Crippen molar-refractivity contribution in [2.24, 2.45) is 0 Å². The number of ether oxygens (including phenoxy) is 1. The number of rotatable bonds is 4. The van der Waals surface area contributed by atoms with Crippen LogP contribution in [0.1, 0.15) is 11.0 Å². The van der Waals surface area contributed by atoms with Crippen LogP contribution in [0.3, 0.4) is 0 Å². The van der Waals surface area contributed by atoms with Crippen LogP contribution >= 0.6 is 22.9 Å². The molecule has 0 spiro atoms. The molecule has 0 aliphatic carbocycles. The van der Waals surface area contributed by atoms with Crippen LogP contribution in [0.2, 0.25) is 4.34 Å². The summed E-state index contributed by atoms with van der Waals surface area (Å²) in [6.45, 7) is 2.71. The Bertz CT molecular complexity index is 500. The Morgan fingerprint density at radius 1 is 1.56 bits per heavy atom. The first-order valence-corrected chi connectivity index (χ1v) is 8.96. The third-order valence-electron chi connectivity index (χ3n) is 2.84. The molecule has 1 atom stereocenters. The quantitative estimate of drug-likeness (QED) is 0.851. The van der Waals surface area contributed by atoms with Crippen LogP contribution in [0.5, 0.6) is 0 Å². The van der Waals surface area contributed by atoms with E-state index >= 15 is 0 Å². The minimum atomic E-state index is -2.90. The summed E-state index contributed by atoms with van der Waals surface area (Å²) in [6.07, 6.45) is 1.28. The predicted molar refractivity (Wildman–Crippen MR) is 74.2 cm³/mol. The number of thiophene rings is 1. The molecule has 0 bridgehead atoms. The lowest BCUT2D eigenvalue weighted by molar-refractivity contribution is -0.0260. The van der Waals surface area contributed by atoms with Gasteiger partial charge >= 0.3 is 0 Å². The van der Waals surface area contributed by atoms with Crippen LogP contribution in [0, 0.1) is 0 Å². The first kappa shape index (κ1) is 14.3. The fourth-order valence-electron chi connectivity index (χ4n) is 1.87. The van der Waals surface area contributed by atoms with E-state index in [1.165, 1.54) is 17.6 Å².